The van der Waals surface area contributed by atoms with Crippen molar-refractivity contribution in [1.82, 2.24) is 0 Å². The van der Waals surface area contributed by atoms with Crippen LogP contribution in [0.4, 0.5) is 0 Å². The average Bonchev–Trinajstić information content (AvgIpc) is 2.38. The Balaban J connectivity index is 2.40. The molecule has 17 heavy (non-hydrogen) atoms. The zero-order valence-corrected chi connectivity index (χ0v) is 10.9. The lowest BCUT2D eigenvalue weighted by Gasteiger charge is -2.07. The van der Waals surface area contributed by atoms with E-state index in [2.05, 4.69) is 6.92 Å². The highest BCUT2D eigenvalue weighted by Gasteiger charge is 2.03. The predicted octanol–water partition coefficient (Wildman–Crippen LogP) is 4.24. The van der Waals surface area contributed by atoms with Crippen LogP contribution < -0.4 is 4.74 Å². The number of ketones is 1. The lowest BCUT2D eigenvalue weighted by atomic mass is 10.1. The number of unbranched alkanes of at least 4 members (excludes halogenated alkanes) is 3. The third-order valence-electron chi connectivity index (χ3n) is 2.74. The van der Waals surface area contributed by atoms with Crippen LogP contribution in [-0.4, -0.2) is 12.4 Å². The number of Topliss-reactive ketones (excluding diaryl/α,β-unsaturated/α-hetero) is 1. The van der Waals surface area contributed by atoms with Crippen LogP contribution in [0.3, 0.4) is 0 Å². The van der Waals surface area contributed by atoms with E-state index in [1.807, 2.05) is 31.2 Å². The fourth-order valence-electron chi connectivity index (χ4n) is 1.68. The molecule has 1 aromatic carbocycles. The number of hydrogen-bond acceptors (Lipinski definition) is 2. The number of benzene rings is 1. The van der Waals surface area contributed by atoms with E-state index in [9.17, 15) is 4.79 Å². The van der Waals surface area contributed by atoms with Crippen molar-refractivity contribution >= 4 is 5.78 Å². The molecular formula is C15H22O2. The van der Waals surface area contributed by atoms with Crippen molar-refractivity contribution in [1.29, 1.82) is 0 Å². The van der Waals surface area contributed by atoms with Crippen molar-refractivity contribution in [3.63, 3.8) is 0 Å². The minimum atomic E-state index is 0.168. The first-order chi connectivity index (χ1) is 8.27. The molecule has 0 saturated carbocycles. The lowest BCUT2D eigenvalue weighted by molar-refractivity contribution is 0.0987. The molecule has 0 heterocycles. The Hall–Kier alpha value is -1.31. The fourth-order valence-corrected chi connectivity index (χ4v) is 1.68. The standard InChI is InChI=1S/C15H22O2/c1-3-5-6-7-11-17-14-10-8-9-13(12-14)15(16)4-2/h8-10,12H,3-7,11H2,1-2H3. The van der Waals surface area contributed by atoms with E-state index in [1.165, 1.54) is 19.3 Å². The van der Waals surface area contributed by atoms with E-state index in [-0.39, 0.29) is 5.78 Å². The maximum absolute atomic E-state index is 11.5. The van der Waals surface area contributed by atoms with Gasteiger partial charge in [-0.1, -0.05) is 45.2 Å². The summed E-state index contributed by atoms with van der Waals surface area (Å²) in [5, 5.41) is 0. The molecule has 2 heteroatoms. The number of rotatable bonds is 8. The van der Waals surface area contributed by atoms with Gasteiger partial charge in [-0.05, 0) is 18.6 Å². The Morgan fingerprint density at radius 2 is 2.00 bits per heavy atom. The topological polar surface area (TPSA) is 26.3 Å². The second kappa shape index (κ2) is 7.88. The molecule has 1 rings (SSSR count). The van der Waals surface area contributed by atoms with Crippen molar-refractivity contribution < 1.29 is 9.53 Å². The van der Waals surface area contributed by atoms with Gasteiger partial charge in [0.05, 0.1) is 6.61 Å². The maximum Gasteiger partial charge on any atom is 0.162 e. The second-order valence-electron chi connectivity index (χ2n) is 4.21. The second-order valence-corrected chi connectivity index (χ2v) is 4.21. The van der Waals surface area contributed by atoms with Gasteiger partial charge in [-0.2, -0.15) is 0 Å². The molecule has 0 N–H and O–H groups in total. The summed E-state index contributed by atoms with van der Waals surface area (Å²) in [6.07, 6.45) is 5.34. The largest absolute Gasteiger partial charge is 0.494 e. The molecule has 0 unspecified atom stereocenters. The van der Waals surface area contributed by atoms with Crippen molar-refractivity contribution in [2.45, 2.75) is 46.0 Å². The Labute approximate surface area is 104 Å². The average molecular weight is 234 g/mol. The van der Waals surface area contributed by atoms with Gasteiger partial charge in [-0.15, -0.1) is 0 Å². The SMILES string of the molecule is CCCCCCOc1cccc(C(=O)CC)c1. The number of carbonyl (C=O) groups excluding carboxylic acids is 1. The Morgan fingerprint density at radius 1 is 1.18 bits per heavy atom. The molecule has 0 aliphatic carbocycles. The smallest absolute Gasteiger partial charge is 0.162 e. The molecule has 2 nitrogen and oxygen atoms in total. The maximum atomic E-state index is 11.5. The molecule has 0 spiro atoms. The summed E-state index contributed by atoms with van der Waals surface area (Å²) in [4.78, 5) is 11.5. The summed E-state index contributed by atoms with van der Waals surface area (Å²) in [5.74, 6) is 0.974. The highest BCUT2D eigenvalue weighted by molar-refractivity contribution is 5.96. The summed E-state index contributed by atoms with van der Waals surface area (Å²) in [7, 11) is 0. The van der Waals surface area contributed by atoms with Crippen LogP contribution in [0.25, 0.3) is 0 Å². The Bertz CT molecular complexity index is 345. The van der Waals surface area contributed by atoms with E-state index < -0.39 is 0 Å². The summed E-state index contributed by atoms with van der Waals surface area (Å²) in [6.45, 7) is 4.81. The molecule has 1 aromatic rings. The summed E-state index contributed by atoms with van der Waals surface area (Å²) >= 11 is 0. The molecule has 0 bridgehead atoms. The molecule has 0 amide bonds. The van der Waals surface area contributed by atoms with Crippen LogP contribution in [-0.2, 0) is 0 Å². The Kier molecular flexibility index (Phi) is 6.38. The third kappa shape index (κ3) is 5.03. The van der Waals surface area contributed by atoms with Gasteiger partial charge < -0.3 is 4.74 Å². The van der Waals surface area contributed by atoms with Gasteiger partial charge in [-0.25, -0.2) is 0 Å². The van der Waals surface area contributed by atoms with Crippen LogP contribution in [0.5, 0.6) is 5.75 Å². The number of hydrogen-bond donors (Lipinski definition) is 0. The first kappa shape index (κ1) is 13.8. The number of carbonyl (C=O) groups is 1. The van der Waals surface area contributed by atoms with Crippen molar-refractivity contribution in [2.24, 2.45) is 0 Å². The van der Waals surface area contributed by atoms with Crippen molar-refractivity contribution in [2.75, 3.05) is 6.61 Å². The van der Waals surface area contributed by atoms with E-state index in [4.69, 9.17) is 4.74 Å². The summed E-state index contributed by atoms with van der Waals surface area (Å²) < 4.78 is 5.64. The van der Waals surface area contributed by atoms with Gasteiger partial charge in [0.1, 0.15) is 5.75 Å². The molecule has 0 atom stereocenters. The first-order valence-electron chi connectivity index (χ1n) is 6.54. The van der Waals surface area contributed by atoms with Crippen molar-refractivity contribution in [3.05, 3.63) is 29.8 Å². The number of ether oxygens (including phenoxy) is 1. The minimum Gasteiger partial charge on any atom is -0.494 e. The van der Waals surface area contributed by atoms with Gasteiger partial charge in [0, 0.05) is 12.0 Å². The molecule has 0 aliphatic rings. The zero-order valence-electron chi connectivity index (χ0n) is 10.9. The van der Waals surface area contributed by atoms with Crippen molar-refractivity contribution in [3.8, 4) is 5.75 Å². The van der Waals surface area contributed by atoms with Gasteiger partial charge in [0.25, 0.3) is 0 Å². The van der Waals surface area contributed by atoms with E-state index in [0.29, 0.717) is 6.42 Å². The zero-order chi connectivity index (χ0) is 12.5. The minimum absolute atomic E-state index is 0.168. The molecule has 94 valence electrons. The van der Waals surface area contributed by atoms with Crippen LogP contribution in [0.2, 0.25) is 0 Å². The molecule has 0 aromatic heterocycles. The van der Waals surface area contributed by atoms with Gasteiger partial charge >= 0.3 is 0 Å². The van der Waals surface area contributed by atoms with Gasteiger partial charge in [0.15, 0.2) is 5.78 Å². The molecule has 0 radical (unpaired) electrons. The van der Waals surface area contributed by atoms with E-state index in [1.54, 1.807) is 0 Å². The van der Waals surface area contributed by atoms with Gasteiger partial charge in [-0.3, -0.25) is 4.79 Å². The quantitative estimate of drug-likeness (QED) is 0.497. The molecule has 0 saturated heterocycles. The van der Waals surface area contributed by atoms with Crippen LogP contribution in [0.1, 0.15) is 56.3 Å². The van der Waals surface area contributed by atoms with Gasteiger partial charge in [0.2, 0.25) is 0 Å². The highest BCUT2D eigenvalue weighted by Crippen LogP contribution is 2.15. The van der Waals surface area contributed by atoms with E-state index in [0.717, 1.165) is 24.3 Å². The van der Waals surface area contributed by atoms with Crippen LogP contribution >= 0.6 is 0 Å². The third-order valence-corrected chi connectivity index (χ3v) is 2.74. The van der Waals surface area contributed by atoms with E-state index >= 15 is 0 Å². The fraction of sp³-hybridized carbons (Fsp3) is 0.533. The summed E-state index contributed by atoms with van der Waals surface area (Å²) in [5.41, 5.74) is 0.749. The normalized spacial score (nSPS) is 10.2. The molecule has 0 fully saturated rings. The van der Waals surface area contributed by atoms with Crippen LogP contribution in [0, 0.1) is 0 Å². The lowest BCUT2D eigenvalue weighted by Crippen LogP contribution is -2.00. The highest BCUT2D eigenvalue weighted by atomic mass is 16.5. The molecule has 0 aliphatic heterocycles. The molecular weight excluding hydrogens is 212 g/mol. The Morgan fingerprint density at radius 3 is 2.71 bits per heavy atom. The predicted molar refractivity (Wildman–Crippen MR) is 70.7 cm³/mol. The summed E-state index contributed by atoms with van der Waals surface area (Å²) in [6, 6.07) is 7.47. The first-order valence-corrected chi connectivity index (χ1v) is 6.54. The van der Waals surface area contributed by atoms with Crippen LogP contribution in [0.15, 0.2) is 24.3 Å². The monoisotopic (exact) mass is 234 g/mol.